The zero-order valence-electron chi connectivity index (χ0n) is 15.6. The summed E-state index contributed by atoms with van der Waals surface area (Å²) in [6, 6.07) is 1.96. The smallest absolute Gasteiger partial charge is 0.225 e. The second kappa shape index (κ2) is 7.17. The summed E-state index contributed by atoms with van der Waals surface area (Å²) < 4.78 is 0. The number of nitrogens with one attached hydrogen (secondary N) is 1. The van der Waals surface area contributed by atoms with Gasteiger partial charge in [0.15, 0.2) is 0 Å². The van der Waals surface area contributed by atoms with Crippen LogP contribution in [-0.4, -0.2) is 44.1 Å². The highest BCUT2D eigenvalue weighted by Gasteiger charge is 2.42. The number of nitrogens with zero attached hydrogens (tertiary/aromatic N) is 4. The standard InChI is InChI=1S/C20H27N5O/c1-3-4-18-21-8-5-17(23-18)16-12-22-24-19(16)14-6-9-25(10-7-14)20(26)15-11-13(15)2/h5,8,12-15H,3-4,6-7,9-11H2,1-2H3,(H,22,24). The van der Waals surface area contributed by atoms with Crippen molar-refractivity contribution in [2.75, 3.05) is 13.1 Å². The SMILES string of the molecule is CCCc1nccc(-c2cn[nH]c2C2CCN(C(=O)C3CC3C)CC2)n1. The van der Waals surface area contributed by atoms with E-state index in [1.165, 1.54) is 0 Å². The summed E-state index contributed by atoms with van der Waals surface area (Å²) in [6.45, 7) is 5.99. The molecule has 1 saturated carbocycles. The molecule has 0 aromatic carbocycles. The van der Waals surface area contributed by atoms with Crippen LogP contribution in [0.2, 0.25) is 0 Å². The van der Waals surface area contributed by atoms with Gasteiger partial charge in [-0.1, -0.05) is 13.8 Å². The molecule has 6 nitrogen and oxygen atoms in total. The van der Waals surface area contributed by atoms with Crippen molar-refractivity contribution in [2.45, 2.75) is 51.9 Å². The summed E-state index contributed by atoms with van der Waals surface area (Å²) >= 11 is 0. The Labute approximate surface area is 154 Å². The van der Waals surface area contributed by atoms with E-state index < -0.39 is 0 Å². The molecule has 1 aliphatic carbocycles. The van der Waals surface area contributed by atoms with Gasteiger partial charge < -0.3 is 4.90 Å². The molecule has 2 aromatic rings. The fraction of sp³-hybridized carbons (Fsp3) is 0.600. The minimum Gasteiger partial charge on any atom is -0.342 e. The highest BCUT2D eigenvalue weighted by atomic mass is 16.2. The molecular weight excluding hydrogens is 326 g/mol. The van der Waals surface area contributed by atoms with Crippen molar-refractivity contribution >= 4 is 5.91 Å². The van der Waals surface area contributed by atoms with E-state index in [9.17, 15) is 4.79 Å². The lowest BCUT2D eigenvalue weighted by atomic mass is 9.90. The third kappa shape index (κ3) is 3.37. The summed E-state index contributed by atoms with van der Waals surface area (Å²) in [5.74, 6) is 2.51. The Morgan fingerprint density at radius 1 is 1.35 bits per heavy atom. The quantitative estimate of drug-likeness (QED) is 0.896. The second-order valence-electron chi connectivity index (χ2n) is 7.72. The molecule has 0 spiro atoms. The van der Waals surface area contributed by atoms with Crippen LogP contribution in [0, 0.1) is 11.8 Å². The molecular formula is C20H27N5O. The Bertz CT molecular complexity index is 778. The van der Waals surface area contributed by atoms with Gasteiger partial charge in [0.25, 0.3) is 0 Å². The van der Waals surface area contributed by atoms with Crippen molar-refractivity contribution in [3.63, 3.8) is 0 Å². The van der Waals surface area contributed by atoms with Crippen molar-refractivity contribution in [3.8, 4) is 11.3 Å². The number of H-pyrrole nitrogens is 1. The van der Waals surface area contributed by atoms with Crippen LogP contribution in [0.15, 0.2) is 18.5 Å². The fourth-order valence-electron chi connectivity index (χ4n) is 3.99. The summed E-state index contributed by atoms with van der Waals surface area (Å²) in [5, 5.41) is 7.48. The number of likely N-dealkylation sites (tertiary alicyclic amines) is 1. The van der Waals surface area contributed by atoms with Crippen LogP contribution in [0.5, 0.6) is 0 Å². The Morgan fingerprint density at radius 3 is 2.81 bits per heavy atom. The minimum atomic E-state index is 0.285. The molecule has 4 rings (SSSR count). The molecule has 1 amide bonds. The van der Waals surface area contributed by atoms with Gasteiger partial charge in [0.1, 0.15) is 5.82 Å². The number of aromatic nitrogens is 4. The average molecular weight is 353 g/mol. The molecule has 1 N–H and O–H groups in total. The number of amides is 1. The first-order valence-electron chi connectivity index (χ1n) is 9.81. The molecule has 6 heteroatoms. The van der Waals surface area contributed by atoms with E-state index in [4.69, 9.17) is 4.98 Å². The maximum atomic E-state index is 12.4. The van der Waals surface area contributed by atoms with Crippen LogP contribution in [0.4, 0.5) is 0 Å². The first kappa shape index (κ1) is 17.2. The predicted molar refractivity (Wildman–Crippen MR) is 99.4 cm³/mol. The van der Waals surface area contributed by atoms with Gasteiger partial charge in [-0.2, -0.15) is 5.10 Å². The van der Waals surface area contributed by atoms with E-state index in [2.05, 4.69) is 33.9 Å². The van der Waals surface area contributed by atoms with E-state index in [0.717, 1.165) is 68.0 Å². The number of aryl methyl sites for hydroxylation is 1. The molecule has 2 fully saturated rings. The normalized spacial score (nSPS) is 23.2. The van der Waals surface area contributed by atoms with Gasteiger partial charge >= 0.3 is 0 Å². The van der Waals surface area contributed by atoms with Gasteiger partial charge in [-0.25, -0.2) is 9.97 Å². The topological polar surface area (TPSA) is 74.8 Å². The zero-order valence-corrected chi connectivity index (χ0v) is 15.6. The number of hydrogen-bond donors (Lipinski definition) is 1. The van der Waals surface area contributed by atoms with Crippen LogP contribution < -0.4 is 0 Å². The van der Waals surface area contributed by atoms with E-state index >= 15 is 0 Å². The van der Waals surface area contributed by atoms with Crippen molar-refractivity contribution in [3.05, 3.63) is 30.0 Å². The first-order chi connectivity index (χ1) is 12.7. The number of hydrogen-bond acceptors (Lipinski definition) is 4. The molecule has 0 bridgehead atoms. The molecule has 26 heavy (non-hydrogen) atoms. The summed E-state index contributed by atoms with van der Waals surface area (Å²) in [5.41, 5.74) is 3.17. The zero-order chi connectivity index (χ0) is 18.1. The molecule has 2 unspecified atom stereocenters. The highest BCUT2D eigenvalue weighted by Crippen LogP contribution is 2.40. The van der Waals surface area contributed by atoms with Gasteiger partial charge in [-0.05, 0) is 37.7 Å². The number of carbonyl (C=O) groups excluding carboxylic acids is 1. The monoisotopic (exact) mass is 353 g/mol. The van der Waals surface area contributed by atoms with Crippen LogP contribution >= 0.6 is 0 Å². The Morgan fingerprint density at radius 2 is 2.12 bits per heavy atom. The number of aromatic amines is 1. The maximum Gasteiger partial charge on any atom is 0.225 e. The molecule has 1 aliphatic heterocycles. The van der Waals surface area contributed by atoms with E-state index in [0.29, 0.717) is 17.7 Å². The predicted octanol–water partition coefficient (Wildman–Crippen LogP) is 3.18. The van der Waals surface area contributed by atoms with Crippen LogP contribution in [-0.2, 0) is 11.2 Å². The molecule has 1 saturated heterocycles. The Hall–Kier alpha value is -2.24. The van der Waals surface area contributed by atoms with Gasteiger partial charge in [0.2, 0.25) is 5.91 Å². The van der Waals surface area contributed by atoms with Crippen molar-refractivity contribution in [1.29, 1.82) is 0 Å². The maximum absolute atomic E-state index is 12.4. The molecule has 0 radical (unpaired) electrons. The number of rotatable bonds is 5. The average Bonchev–Trinajstić information content (AvgIpc) is 3.19. The van der Waals surface area contributed by atoms with Crippen molar-refractivity contribution in [1.82, 2.24) is 25.1 Å². The number of carbonyl (C=O) groups is 1. The molecule has 2 aliphatic rings. The van der Waals surface area contributed by atoms with Gasteiger partial charge in [0.05, 0.1) is 11.9 Å². The molecule has 138 valence electrons. The van der Waals surface area contributed by atoms with Crippen LogP contribution in [0.25, 0.3) is 11.3 Å². The molecule has 2 aromatic heterocycles. The Kier molecular flexibility index (Phi) is 4.74. The van der Waals surface area contributed by atoms with E-state index in [1.54, 1.807) is 0 Å². The lowest BCUT2D eigenvalue weighted by Gasteiger charge is -2.32. The van der Waals surface area contributed by atoms with Crippen LogP contribution in [0.3, 0.4) is 0 Å². The number of piperidine rings is 1. The fourth-order valence-corrected chi connectivity index (χ4v) is 3.99. The van der Waals surface area contributed by atoms with E-state index in [-0.39, 0.29) is 5.92 Å². The molecule has 3 heterocycles. The molecule has 2 atom stereocenters. The third-order valence-electron chi connectivity index (χ3n) is 5.77. The Balaban J connectivity index is 1.46. The first-order valence-corrected chi connectivity index (χ1v) is 9.81. The summed E-state index contributed by atoms with van der Waals surface area (Å²) in [6.07, 6.45) is 8.66. The third-order valence-corrected chi connectivity index (χ3v) is 5.77. The second-order valence-corrected chi connectivity index (χ2v) is 7.72. The van der Waals surface area contributed by atoms with Crippen molar-refractivity contribution in [2.24, 2.45) is 11.8 Å². The minimum absolute atomic E-state index is 0.285. The van der Waals surface area contributed by atoms with Crippen molar-refractivity contribution < 1.29 is 4.79 Å². The summed E-state index contributed by atoms with van der Waals surface area (Å²) in [7, 11) is 0. The van der Waals surface area contributed by atoms with Gasteiger partial charge in [-0.3, -0.25) is 9.89 Å². The largest absolute Gasteiger partial charge is 0.342 e. The van der Waals surface area contributed by atoms with Crippen LogP contribution in [0.1, 0.15) is 57.0 Å². The van der Waals surface area contributed by atoms with Gasteiger partial charge in [0, 0.05) is 48.8 Å². The highest BCUT2D eigenvalue weighted by molar-refractivity contribution is 5.81. The van der Waals surface area contributed by atoms with Gasteiger partial charge in [-0.15, -0.1) is 0 Å². The lowest BCUT2D eigenvalue weighted by molar-refractivity contribution is -0.133. The lowest BCUT2D eigenvalue weighted by Crippen LogP contribution is -2.39. The summed E-state index contributed by atoms with van der Waals surface area (Å²) in [4.78, 5) is 23.6. The van der Waals surface area contributed by atoms with E-state index in [1.807, 2.05) is 18.5 Å².